The molecule has 0 N–H and O–H groups in total. The molecule has 2 fully saturated rings. The van der Waals surface area contributed by atoms with E-state index in [0.717, 1.165) is 18.7 Å². The van der Waals surface area contributed by atoms with Crippen LogP contribution >= 0.6 is 0 Å². The lowest BCUT2D eigenvalue weighted by atomic mass is 9.90. The van der Waals surface area contributed by atoms with E-state index in [0.29, 0.717) is 30.1 Å². The molecule has 0 atom stereocenters. The summed E-state index contributed by atoms with van der Waals surface area (Å²) in [6.45, 7) is 1.80. The van der Waals surface area contributed by atoms with E-state index in [2.05, 4.69) is 15.1 Å². The van der Waals surface area contributed by atoms with Crippen LogP contribution in [-0.2, 0) is 16.6 Å². The van der Waals surface area contributed by atoms with Crippen LogP contribution in [0.25, 0.3) is 11.5 Å². The summed E-state index contributed by atoms with van der Waals surface area (Å²) >= 11 is 0. The second-order valence-corrected chi connectivity index (χ2v) is 11.3. The van der Waals surface area contributed by atoms with Crippen molar-refractivity contribution in [2.75, 3.05) is 17.4 Å². The Hall–Kier alpha value is -2.85. The molecule has 2 aromatic carbocycles. The quantitative estimate of drug-likeness (QED) is 0.430. The van der Waals surface area contributed by atoms with Crippen LogP contribution in [0.5, 0.6) is 0 Å². The minimum atomic E-state index is -3.60. The molecule has 0 bridgehead atoms. The van der Waals surface area contributed by atoms with Gasteiger partial charge < -0.3 is 9.32 Å². The van der Waals surface area contributed by atoms with Gasteiger partial charge in [0.2, 0.25) is 15.9 Å². The van der Waals surface area contributed by atoms with E-state index in [4.69, 9.17) is 4.42 Å². The third kappa shape index (κ3) is 5.08. The Balaban J connectivity index is 1.34. The maximum atomic E-state index is 13.8. The van der Waals surface area contributed by atoms with Gasteiger partial charge in [-0.05, 0) is 68.6 Å². The molecule has 2 heterocycles. The van der Waals surface area contributed by atoms with Gasteiger partial charge in [-0.15, -0.1) is 10.2 Å². The van der Waals surface area contributed by atoms with Crippen molar-refractivity contribution in [1.29, 1.82) is 0 Å². The third-order valence-corrected chi connectivity index (χ3v) is 9.26. The van der Waals surface area contributed by atoms with Crippen LogP contribution < -0.4 is 4.31 Å². The molecule has 1 saturated carbocycles. The van der Waals surface area contributed by atoms with Crippen molar-refractivity contribution < 1.29 is 21.6 Å². The fourth-order valence-electron chi connectivity index (χ4n) is 4.75. The number of para-hydroxylation sites is 1. The molecule has 3 aromatic rings. The molecule has 1 aliphatic carbocycles. The van der Waals surface area contributed by atoms with Crippen LogP contribution in [-0.4, -0.2) is 47.9 Å². The summed E-state index contributed by atoms with van der Waals surface area (Å²) in [7, 11) is -3.60. The first kappa shape index (κ1) is 23.9. The Morgan fingerprint density at radius 1 is 0.971 bits per heavy atom. The average molecular weight is 503 g/mol. The maximum Gasteiger partial charge on any atom is 0.314 e. The van der Waals surface area contributed by atoms with E-state index in [-0.39, 0.29) is 12.4 Å². The Labute approximate surface area is 203 Å². The SMILES string of the molecule is O=S(=O)(C1CCN(C2CCC2)CC1)N(Cc1ccc(-c2nnc(C(F)F)o2)cc1)c1ccccc1. The third-order valence-electron chi connectivity index (χ3n) is 6.99. The molecular weight excluding hydrogens is 474 g/mol. The van der Waals surface area contributed by atoms with Crippen LogP contribution in [0.3, 0.4) is 0 Å². The van der Waals surface area contributed by atoms with Crippen molar-refractivity contribution in [2.24, 2.45) is 0 Å². The highest BCUT2D eigenvalue weighted by Gasteiger charge is 2.37. The van der Waals surface area contributed by atoms with Gasteiger partial charge in [0.1, 0.15) is 0 Å². The number of anilines is 1. The summed E-state index contributed by atoms with van der Waals surface area (Å²) < 4.78 is 59.6. The molecule has 1 aromatic heterocycles. The summed E-state index contributed by atoms with van der Waals surface area (Å²) in [6.07, 6.45) is 2.13. The normalized spacial score (nSPS) is 18.0. The van der Waals surface area contributed by atoms with E-state index in [1.54, 1.807) is 36.4 Å². The van der Waals surface area contributed by atoms with Gasteiger partial charge in [0.15, 0.2) is 0 Å². The van der Waals surface area contributed by atoms with Gasteiger partial charge in [-0.1, -0.05) is 36.8 Å². The second-order valence-electron chi connectivity index (χ2n) is 9.15. The number of aromatic nitrogens is 2. The molecule has 0 amide bonds. The number of benzene rings is 2. The van der Waals surface area contributed by atoms with Gasteiger partial charge in [-0.3, -0.25) is 4.31 Å². The fraction of sp³-hybridized carbons (Fsp3) is 0.440. The Bertz CT molecular complexity index is 1220. The van der Waals surface area contributed by atoms with Crippen LogP contribution in [0, 0.1) is 0 Å². The zero-order valence-electron chi connectivity index (χ0n) is 19.3. The largest absolute Gasteiger partial charge is 0.415 e. The minimum Gasteiger partial charge on any atom is -0.415 e. The first-order chi connectivity index (χ1) is 16.9. The molecule has 0 spiro atoms. The number of alkyl halides is 2. The van der Waals surface area contributed by atoms with Crippen LogP contribution in [0.2, 0.25) is 0 Å². The van der Waals surface area contributed by atoms with Gasteiger partial charge in [0.25, 0.3) is 5.89 Å². The van der Waals surface area contributed by atoms with Gasteiger partial charge in [0, 0.05) is 11.6 Å². The second kappa shape index (κ2) is 10.0. The number of hydrogen-bond acceptors (Lipinski definition) is 6. The van der Waals surface area contributed by atoms with Gasteiger partial charge in [-0.25, -0.2) is 8.42 Å². The topological polar surface area (TPSA) is 79.5 Å². The standard InChI is InChI=1S/C25H28F2N4O3S/c26-23(27)25-29-28-24(34-25)19-11-9-18(10-12-19)17-31(21-5-2-1-3-6-21)35(32,33)22-13-15-30(16-14-22)20-7-4-8-20/h1-3,5-6,9-12,20,22-23H,4,7-8,13-17H2. The molecule has 2 aliphatic rings. The summed E-state index contributed by atoms with van der Waals surface area (Å²) in [5, 5.41) is 6.60. The van der Waals surface area contributed by atoms with Crippen molar-refractivity contribution in [3.05, 3.63) is 66.1 Å². The summed E-state index contributed by atoms with van der Waals surface area (Å²) in [5.41, 5.74) is 1.88. The van der Waals surface area contributed by atoms with E-state index in [9.17, 15) is 17.2 Å². The number of nitrogens with zero attached hydrogens (tertiary/aromatic N) is 4. The number of likely N-dealkylation sites (tertiary alicyclic amines) is 1. The number of hydrogen-bond donors (Lipinski definition) is 0. The Morgan fingerprint density at radius 2 is 1.66 bits per heavy atom. The number of sulfonamides is 1. The molecule has 7 nitrogen and oxygen atoms in total. The zero-order chi connectivity index (χ0) is 24.4. The highest BCUT2D eigenvalue weighted by atomic mass is 32.2. The molecular formula is C25H28F2N4O3S. The molecule has 35 heavy (non-hydrogen) atoms. The van der Waals surface area contributed by atoms with E-state index in [1.165, 1.54) is 23.6 Å². The van der Waals surface area contributed by atoms with E-state index in [1.807, 2.05) is 18.2 Å². The van der Waals surface area contributed by atoms with Crippen molar-refractivity contribution in [2.45, 2.75) is 56.4 Å². The Morgan fingerprint density at radius 3 is 2.23 bits per heavy atom. The Kier molecular flexibility index (Phi) is 6.84. The van der Waals surface area contributed by atoms with Gasteiger partial charge in [0.05, 0.1) is 17.5 Å². The molecule has 5 rings (SSSR count). The highest BCUT2D eigenvalue weighted by Crippen LogP contribution is 2.32. The number of halogens is 2. The van der Waals surface area contributed by atoms with Crippen molar-refractivity contribution in [3.63, 3.8) is 0 Å². The van der Waals surface area contributed by atoms with Crippen LogP contribution in [0.15, 0.2) is 59.0 Å². The molecule has 186 valence electrons. The van der Waals surface area contributed by atoms with Crippen molar-refractivity contribution >= 4 is 15.7 Å². The molecule has 10 heteroatoms. The fourth-order valence-corrected chi connectivity index (χ4v) is 6.66. The molecule has 1 aliphatic heterocycles. The number of piperidine rings is 1. The molecule has 0 unspecified atom stereocenters. The minimum absolute atomic E-state index is 0.00221. The van der Waals surface area contributed by atoms with Crippen LogP contribution in [0.1, 0.15) is 50.0 Å². The smallest absolute Gasteiger partial charge is 0.314 e. The predicted molar refractivity (Wildman–Crippen MR) is 128 cm³/mol. The first-order valence-electron chi connectivity index (χ1n) is 11.9. The van der Waals surface area contributed by atoms with Gasteiger partial charge >= 0.3 is 6.43 Å². The summed E-state index contributed by atoms with van der Waals surface area (Å²) in [4.78, 5) is 2.44. The highest BCUT2D eigenvalue weighted by molar-refractivity contribution is 7.93. The molecule has 1 saturated heterocycles. The van der Waals surface area contributed by atoms with Gasteiger partial charge in [-0.2, -0.15) is 8.78 Å². The van der Waals surface area contributed by atoms with Crippen LogP contribution in [0.4, 0.5) is 14.5 Å². The lowest BCUT2D eigenvalue weighted by Crippen LogP contribution is -2.49. The predicted octanol–water partition coefficient (Wildman–Crippen LogP) is 5.03. The monoisotopic (exact) mass is 502 g/mol. The van der Waals surface area contributed by atoms with Crippen molar-refractivity contribution in [3.8, 4) is 11.5 Å². The lowest BCUT2D eigenvalue weighted by Gasteiger charge is -2.42. The average Bonchev–Trinajstić information content (AvgIpc) is 3.34. The zero-order valence-corrected chi connectivity index (χ0v) is 20.1. The number of rotatable bonds is 8. The first-order valence-corrected chi connectivity index (χ1v) is 13.4. The summed E-state index contributed by atoms with van der Waals surface area (Å²) in [5.74, 6) is -0.730. The van der Waals surface area contributed by atoms with Crippen molar-refractivity contribution in [1.82, 2.24) is 15.1 Å². The maximum absolute atomic E-state index is 13.8. The molecule has 0 radical (unpaired) electrons. The summed E-state index contributed by atoms with van der Waals surface area (Å²) in [6, 6.07) is 16.6. The van der Waals surface area contributed by atoms with E-state index >= 15 is 0 Å². The lowest BCUT2D eigenvalue weighted by molar-refractivity contribution is 0.106. The van der Waals surface area contributed by atoms with E-state index < -0.39 is 27.6 Å².